The molecule has 0 aliphatic rings. The highest BCUT2D eigenvalue weighted by Crippen LogP contribution is 2.18. The minimum atomic E-state index is -4.32. The molecule has 0 aliphatic heterocycles. The number of ether oxygens (including phenoxy) is 1. The average molecular weight is 304 g/mol. The molecule has 0 radical (unpaired) electrons. The maximum atomic E-state index is 13.4. The molecular weight excluding hydrogens is 294 g/mol. The quantitative estimate of drug-likeness (QED) is 0.867. The topological polar surface area (TPSA) is 97.0 Å². The average Bonchev–Trinajstić information content (AvgIpc) is 2.79. The highest BCUT2D eigenvalue weighted by molar-refractivity contribution is 7.92. The van der Waals surface area contributed by atoms with E-state index in [1.807, 2.05) is 4.72 Å². The number of aromatic amines is 1. The van der Waals surface area contributed by atoms with E-state index in [9.17, 15) is 17.2 Å². The number of H-pyrrole nitrogens is 1. The summed E-state index contributed by atoms with van der Waals surface area (Å²) in [5.74, 6) is -2.22. The van der Waals surface area contributed by atoms with Crippen LogP contribution in [0, 0.1) is 11.6 Å². The summed E-state index contributed by atoms with van der Waals surface area (Å²) in [6.07, 6.45) is 0. The molecule has 20 heavy (non-hydrogen) atoms. The first-order valence-electron chi connectivity index (χ1n) is 5.45. The van der Waals surface area contributed by atoms with Gasteiger partial charge in [-0.1, -0.05) is 0 Å². The Balaban J connectivity index is 2.28. The van der Waals surface area contributed by atoms with Crippen molar-refractivity contribution < 1.29 is 21.9 Å². The third-order valence-electron chi connectivity index (χ3n) is 2.15. The van der Waals surface area contributed by atoms with Gasteiger partial charge in [-0.25, -0.2) is 27.0 Å². The molecule has 0 unspecified atom stereocenters. The lowest BCUT2D eigenvalue weighted by atomic mass is 10.3. The second-order valence-electron chi connectivity index (χ2n) is 3.58. The normalized spacial score (nSPS) is 11.3. The molecule has 1 aromatic heterocycles. The van der Waals surface area contributed by atoms with E-state index in [2.05, 4.69) is 15.2 Å². The van der Waals surface area contributed by atoms with Crippen molar-refractivity contribution in [2.45, 2.75) is 11.8 Å². The number of nitrogens with one attached hydrogen (secondary N) is 2. The lowest BCUT2D eigenvalue weighted by Gasteiger charge is -2.05. The molecule has 108 valence electrons. The first-order valence-corrected chi connectivity index (χ1v) is 6.94. The second-order valence-corrected chi connectivity index (χ2v) is 5.23. The van der Waals surface area contributed by atoms with Gasteiger partial charge in [-0.2, -0.15) is 4.98 Å². The SMILES string of the molecule is CCOc1n[nH]c(NS(=O)(=O)c2cc(F)ccc2F)n1. The molecule has 0 aliphatic carbocycles. The van der Waals surface area contributed by atoms with E-state index >= 15 is 0 Å². The van der Waals surface area contributed by atoms with Crippen molar-refractivity contribution >= 4 is 16.0 Å². The predicted octanol–water partition coefficient (Wildman–Crippen LogP) is 1.28. The third-order valence-corrected chi connectivity index (χ3v) is 3.51. The zero-order valence-corrected chi connectivity index (χ0v) is 11.0. The Hall–Kier alpha value is -2.23. The van der Waals surface area contributed by atoms with E-state index in [-0.39, 0.29) is 12.0 Å². The fraction of sp³-hybridized carbons (Fsp3) is 0.200. The van der Waals surface area contributed by atoms with Gasteiger partial charge >= 0.3 is 6.01 Å². The van der Waals surface area contributed by atoms with Crippen LogP contribution in [0.1, 0.15) is 6.92 Å². The van der Waals surface area contributed by atoms with Crippen molar-refractivity contribution in [3.05, 3.63) is 29.8 Å². The van der Waals surface area contributed by atoms with E-state index in [0.717, 1.165) is 12.1 Å². The van der Waals surface area contributed by atoms with Crippen LogP contribution >= 0.6 is 0 Å². The van der Waals surface area contributed by atoms with Crippen LogP contribution in [0.2, 0.25) is 0 Å². The molecule has 0 spiro atoms. The zero-order valence-electron chi connectivity index (χ0n) is 10.2. The summed E-state index contributed by atoms with van der Waals surface area (Å²) in [6.45, 7) is 1.99. The van der Waals surface area contributed by atoms with E-state index in [4.69, 9.17) is 4.74 Å². The zero-order chi connectivity index (χ0) is 14.8. The first kappa shape index (κ1) is 14.2. The highest BCUT2D eigenvalue weighted by Gasteiger charge is 2.21. The van der Waals surface area contributed by atoms with Crippen LogP contribution < -0.4 is 9.46 Å². The molecule has 0 fully saturated rings. The van der Waals surface area contributed by atoms with Gasteiger partial charge in [-0.3, -0.25) is 0 Å². The second kappa shape index (κ2) is 5.41. The summed E-state index contributed by atoms with van der Waals surface area (Å²) < 4.78 is 57.1. The molecule has 10 heteroatoms. The van der Waals surface area contributed by atoms with Gasteiger partial charge in [-0.05, 0) is 25.1 Å². The standard InChI is InChI=1S/C10H10F2N4O3S/c1-2-19-10-13-9(14-15-10)16-20(17,18)8-5-6(11)3-4-7(8)12/h3-5H,2H2,1H3,(H2,13,14,15,16). The molecule has 0 saturated heterocycles. The van der Waals surface area contributed by atoms with E-state index in [1.165, 1.54) is 0 Å². The lowest BCUT2D eigenvalue weighted by Crippen LogP contribution is -2.15. The van der Waals surface area contributed by atoms with Crippen LogP contribution in [-0.2, 0) is 10.0 Å². The fourth-order valence-electron chi connectivity index (χ4n) is 1.35. The number of aromatic nitrogens is 3. The van der Waals surface area contributed by atoms with Crippen LogP contribution in [0.5, 0.6) is 6.01 Å². The molecule has 7 nitrogen and oxygen atoms in total. The summed E-state index contributed by atoms with van der Waals surface area (Å²) in [5.41, 5.74) is 0. The molecule has 1 aromatic carbocycles. The molecule has 0 atom stereocenters. The largest absolute Gasteiger partial charge is 0.463 e. The van der Waals surface area contributed by atoms with E-state index < -0.39 is 26.6 Å². The van der Waals surface area contributed by atoms with Gasteiger partial charge in [0.1, 0.15) is 16.5 Å². The summed E-state index contributed by atoms with van der Waals surface area (Å²) in [6, 6.07) is 2.04. The molecule has 0 amide bonds. The molecular formula is C10H10F2N4O3S. The fourth-order valence-corrected chi connectivity index (χ4v) is 2.40. The van der Waals surface area contributed by atoms with Crippen LogP contribution in [-0.4, -0.2) is 30.2 Å². The summed E-state index contributed by atoms with van der Waals surface area (Å²) in [7, 11) is -4.32. The Bertz CT molecular complexity index is 717. The highest BCUT2D eigenvalue weighted by atomic mass is 32.2. The lowest BCUT2D eigenvalue weighted by molar-refractivity contribution is 0.314. The first-order chi connectivity index (χ1) is 9.42. The van der Waals surface area contributed by atoms with Crippen LogP contribution in [0.25, 0.3) is 0 Å². The molecule has 1 heterocycles. The minimum absolute atomic E-state index is 0.0649. The number of hydrogen-bond donors (Lipinski definition) is 2. The van der Waals surface area contributed by atoms with Crippen molar-refractivity contribution in [3.63, 3.8) is 0 Å². The Morgan fingerprint density at radius 1 is 1.40 bits per heavy atom. The summed E-state index contributed by atoms with van der Waals surface area (Å²) >= 11 is 0. The Morgan fingerprint density at radius 3 is 2.85 bits per heavy atom. The molecule has 0 bridgehead atoms. The number of rotatable bonds is 5. The Kier molecular flexibility index (Phi) is 3.84. The van der Waals surface area contributed by atoms with Gasteiger partial charge in [0, 0.05) is 0 Å². The van der Waals surface area contributed by atoms with E-state index in [1.54, 1.807) is 6.92 Å². The van der Waals surface area contributed by atoms with E-state index in [0.29, 0.717) is 12.7 Å². The monoisotopic (exact) mass is 304 g/mol. The Morgan fingerprint density at radius 2 is 2.15 bits per heavy atom. The van der Waals surface area contributed by atoms with Gasteiger partial charge in [0.15, 0.2) is 0 Å². The van der Waals surface area contributed by atoms with Crippen molar-refractivity contribution in [1.29, 1.82) is 0 Å². The van der Waals surface area contributed by atoms with Crippen molar-refractivity contribution in [3.8, 4) is 6.01 Å². The maximum Gasteiger partial charge on any atom is 0.337 e. The molecule has 2 rings (SSSR count). The summed E-state index contributed by atoms with van der Waals surface area (Å²) in [5, 5.41) is 5.83. The van der Waals surface area contributed by atoms with Gasteiger partial charge in [0.25, 0.3) is 10.0 Å². The number of hydrogen-bond acceptors (Lipinski definition) is 5. The number of benzene rings is 1. The van der Waals surface area contributed by atoms with Crippen molar-refractivity contribution in [2.24, 2.45) is 0 Å². The van der Waals surface area contributed by atoms with Crippen LogP contribution in [0.4, 0.5) is 14.7 Å². The van der Waals surface area contributed by atoms with Gasteiger partial charge in [0.2, 0.25) is 5.95 Å². The summed E-state index contributed by atoms with van der Waals surface area (Å²) in [4.78, 5) is 2.84. The predicted molar refractivity (Wildman–Crippen MR) is 64.7 cm³/mol. The minimum Gasteiger partial charge on any atom is -0.463 e. The van der Waals surface area contributed by atoms with Crippen LogP contribution in [0.3, 0.4) is 0 Å². The van der Waals surface area contributed by atoms with Crippen molar-refractivity contribution in [2.75, 3.05) is 11.3 Å². The molecule has 2 aromatic rings. The maximum absolute atomic E-state index is 13.4. The molecule has 2 N–H and O–H groups in total. The van der Waals surface area contributed by atoms with Gasteiger partial charge < -0.3 is 4.74 Å². The van der Waals surface area contributed by atoms with Crippen molar-refractivity contribution in [1.82, 2.24) is 15.2 Å². The number of halogens is 2. The number of sulfonamides is 1. The number of anilines is 1. The Labute approximate surface area is 113 Å². The molecule has 0 saturated carbocycles. The smallest absolute Gasteiger partial charge is 0.337 e. The van der Waals surface area contributed by atoms with Gasteiger partial charge in [0.05, 0.1) is 6.61 Å². The van der Waals surface area contributed by atoms with Crippen LogP contribution in [0.15, 0.2) is 23.1 Å². The third kappa shape index (κ3) is 3.02. The van der Waals surface area contributed by atoms with Gasteiger partial charge in [-0.15, -0.1) is 5.10 Å². The number of nitrogens with zero attached hydrogens (tertiary/aromatic N) is 2.